The Kier molecular flexibility index (Phi) is 17.8. The molecule has 1 saturated heterocycles. The number of nitrogens with zero attached hydrogens (tertiary/aromatic N) is 2. The Labute approximate surface area is 178 Å². The van der Waals surface area contributed by atoms with E-state index < -0.39 is 0 Å². The fourth-order valence-corrected chi connectivity index (χ4v) is 2.74. The van der Waals surface area contributed by atoms with Crippen LogP contribution in [0, 0.1) is 0 Å². The lowest BCUT2D eigenvalue weighted by atomic mass is 10.2. The van der Waals surface area contributed by atoms with E-state index in [9.17, 15) is 0 Å². The number of aliphatic imine (C=N–C) groups is 1. The van der Waals surface area contributed by atoms with E-state index in [4.69, 9.17) is 15.2 Å². The summed E-state index contributed by atoms with van der Waals surface area (Å²) in [5.74, 6) is 1.80. The molecule has 0 aromatic rings. The molecule has 5 nitrogen and oxygen atoms in total. The smallest absolute Gasteiger partial charge is 0.189 e. The Morgan fingerprint density at radius 3 is 2.45 bits per heavy atom. The number of likely N-dealkylation sites (tertiary alicyclic amines) is 1. The van der Waals surface area contributed by atoms with Gasteiger partial charge in [0.15, 0.2) is 6.79 Å². The fourth-order valence-electron chi connectivity index (χ4n) is 2.74. The molecule has 2 aliphatic heterocycles. The van der Waals surface area contributed by atoms with Crippen LogP contribution in [0.2, 0.25) is 0 Å². The maximum atomic E-state index is 5.46. The van der Waals surface area contributed by atoms with Gasteiger partial charge >= 0.3 is 0 Å². The molecule has 0 bridgehead atoms. The van der Waals surface area contributed by atoms with Gasteiger partial charge < -0.3 is 20.1 Å². The zero-order valence-electron chi connectivity index (χ0n) is 18.6. The number of hydrogen-bond acceptors (Lipinski definition) is 5. The normalized spacial score (nSPS) is 20.9. The van der Waals surface area contributed by atoms with Gasteiger partial charge in [-0.1, -0.05) is 45.4 Å². The minimum absolute atomic E-state index is 0.237. The first-order chi connectivity index (χ1) is 14.2. The van der Waals surface area contributed by atoms with Crippen molar-refractivity contribution in [1.29, 1.82) is 0 Å². The zero-order chi connectivity index (χ0) is 21.7. The predicted octanol–water partition coefficient (Wildman–Crippen LogP) is 5.34. The Morgan fingerprint density at radius 2 is 1.86 bits per heavy atom. The predicted molar refractivity (Wildman–Crippen MR) is 126 cm³/mol. The van der Waals surface area contributed by atoms with E-state index in [1.165, 1.54) is 44.6 Å². The van der Waals surface area contributed by atoms with Crippen LogP contribution in [0.3, 0.4) is 0 Å². The third kappa shape index (κ3) is 13.7. The highest BCUT2D eigenvalue weighted by Gasteiger charge is 2.10. The summed E-state index contributed by atoms with van der Waals surface area (Å²) in [7, 11) is 0. The summed E-state index contributed by atoms with van der Waals surface area (Å²) in [5.41, 5.74) is 6.51. The first-order valence-corrected chi connectivity index (χ1v) is 10.6. The highest BCUT2D eigenvalue weighted by Crippen LogP contribution is 2.16. The first kappa shape index (κ1) is 26.9. The van der Waals surface area contributed by atoms with E-state index in [1.807, 2.05) is 18.4 Å². The van der Waals surface area contributed by atoms with Crippen LogP contribution in [0.4, 0.5) is 0 Å². The van der Waals surface area contributed by atoms with Crippen LogP contribution >= 0.6 is 0 Å². The van der Waals surface area contributed by atoms with Crippen molar-refractivity contribution < 1.29 is 9.47 Å². The molecule has 29 heavy (non-hydrogen) atoms. The highest BCUT2D eigenvalue weighted by molar-refractivity contribution is 5.58. The molecule has 0 unspecified atom stereocenters. The molecule has 0 aromatic heterocycles. The molecule has 1 fully saturated rings. The van der Waals surface area contributed by atoms with Crippen molar-refractivity contribution in [2.24, 2.45) is 10.7 Å². The summed E-state index contributed by atoms with van der Waals surface area (Å²) in [6.45, 7) is 17.6. The first-order valence-electron chi connectivity index (χ1n) is 10.6. The van der Waals surface area contributed by atoms with Crippen LogP contribution in [0.25, 0.3) is 0 Å². The van der Waals surface area contributed by atoms with Crippen LogP contribution in [0.5, 0.6) is 0 Å². The van der Waals surface area contributed by atoms with Crippen LogP contribution < -0.4 is 5.73 Å². The van der Waals surface area contributed by atoms with Gasteiger partial charge in [0.1, 0.15) is 11.6 Å². The third-order valence-electron chi connectivity index (χ3n) is 4.21. The second-order valence-electron chi connectivity index (χ2n) is 6.56. The van der Waals surface area contributed by atoms with E-state index in [2.05, 4.69) is 49.6 Å². The maximum absolute atomic E-state index is 5.46. The van der Waals surface area contributed by atoms with E-state index >= 15 is 0 Å². The Hall–Kier alpha value is -2.11. The van der Waals surface area contributed by atoms with E-state index in [-0.39, 0.29) is 6.79 Å². The number of rotatable bonds is 5. The van der Waals surface area contributed by atoms with E-state index in [0.717, 1.165) is 18.4 Å². The van der Waals surface area contributed by atoms with Crippen molar-refractivity contribution in [3.63, 3.8) is 0 Å². The lowest BCUT2D eigenvalue weighted by molar-refractivity contribution is -0.00880. The number of nitrogens with two attached hydrogens (primary N) is 1. The van der Waals surface area contributed by atoms with Gasteiger partial charge in [0.05, 0.1) is 6.61 Å². The largest absolute Gasteiger partial charge is 0.468 e. The molecular formula is C24H41N3O2. The molecule has 0 aromatic carbocycles. The van der Waals surface area contributed by atoms with Gasteiger partial charge in [-0.15, -0.1) is 13.2 Å². The second-order valence-corrected chi connectivity index (χ2v) is 6.56. The van der Waals surface area contributed by atoms with Crippen molar-refractivity contribution in [3.8, 4) is 0 Å². The Bertz CT molecular complexity index is 542. The topological polar surface area (TPSA) is 60.1 Å². The lowest BCUT2D eigenvalue weighted by Crippen LogP contribution is -2.23. The van der Waals surface area contributed by atoms with Gasteiger partial charge in [-0.2, -0.15) is 0 Å². The van der Waals surface area contributed by atoms with Gasteiger partial charge in [-0.25, -0.2) is 4.99 Å². The molecule has 0 spiro atoms. The average Bonchev–Trinajstić information content (AvgIpc) is 2.98. The van der Waals surface area contributed by atoms with Crippen molar-refractivity contribution in [3.05, 3.63) is 61.2 Å². The molecule has 0 atom stereocenters. The lowest BCUT2D eigenvalue weighted by Gasteiger charge is -2.22. The van der Waals surface area contributed by atoms with Crippen LogP contribution in [0.15, 0.2) is 66.2 Å². The van der Waals surface area contributed by atoms with Crippen LogP contribution in [-0.2, 0) is 9.47 Å². The fraction of sp³-hybridized carbons (Fsp3) is 0.542. The van der Waals surface area contributed by atoms with Crippen molar-refractivity contribution in [1.82, 2.24) is 4.90 Å². The summed E-state index contributed by atoms with van der Waals surface area (Å²) in [6.07, 6.45) is 17.3. The zero-order valence-corrected chi connectivity index (χ0v) is 18.6. The highest BCUT2D eigenvalue weighted by atomic mass is 16.7. The minimum Gasteiger partial charge on any atom is -0.468 e. The monoisotopic (exact) mass is 403 g/mol. The van der Waals surface area contributed by atoms with Gasteiger partial charge in [0, 0.05) is 25.8 Å². The third-order valence-corrected chi connectivity index (χ3v) is 4.21. The SMILES string of the molecule is C=C.C=C1/C=C\C=C(\CN)COCO1.CC/C=N\C(=C/CC)N1CCCCCC1. The standard InChI is InChI=1S/C13H24N2.C9H13NO2.C2H4/c1-3-9-13(14-10-4-2)15-11-7-5-6-8-12-15;1-8-3-2-4-9(5-10)6-11-7-12-8;1-2/h9-10H,3-8,11-12H2,1-2H3;2-4H,1,5-7,10H2;1-2H2/b13-9+,14-10-;3-2-,9-4-;. The molecule has 0 radical (unpaired) electrons. The number of ether oxygens (including phenoxy) is 2. The molecule has 164 valence electrons. The summed E-state index contributed by atoms with van der Waals surface area (Å²) in [5, 5.41) is 0. The molecule has 0 saturated carbocycles. The van der Waals surface area contributed by atoms with Gasteiger partial charge in [-0.3, -0.25) is 0 Å². The Balaban J connectivity index is 0.000000508. The molecule has 2 heterocycles. The summed E-state index contributed by atoms with van der Waals surface area (Å²) >= 11 is 0. The minimum atomic E-state index is 0.237. The number of hydrogen-bond donors (Lipinski definition) is 1. The van der Waals surface area contributed by atoms with Crippen LogP contribution in [-0.4, -0.2) is 44.1 Å². The van der Waals surface area contributed by atoms with Crippen molar-refractivity contribution >= 4 is 6.21 Å². The average molecular weight is 404 g/mol. The summed E-state index contributed by atoms with van der Waals surface area (Å²) < 4.78 is 10.2. The Morgan fingerprint density at radius 1 is 1.17 bits per heavy atom. The molecule has 0 aliphatic carbocycles. The quantitative estimate of drug-likeness (QED) is 0.497. The molecule has 2 N–H and O–H groups in total. The van der Waals surface area contributed by atoms with Crippen molar-refractivity contribution in [2.45, 2.75) is 52.4 Å². The summed E-state index contributed by atoms with van der Waals surface area (Å²) in [6, 6.07) is 0. The molecule has 2 aliphatic rings. The number of allylic oxidation sites excluding steroid dienone is 4. The molecule has 2 rings (SSSR count). The van der Waals surface area contributed by atoms with E-state index in [0.29, 0.717) is 18.9 Å². The molecular weight excluding hydrogens is 362 g/mol. The van der Waals surface area contributed by atoms with Gasteiger partial charge in [0.2, 0.25) is 0 Å². The van der Waals surface area contributed by atoms with Crippen molar-refractivity contribution in [2.75, 3.05) is 33.0 Å². The van der Waals surface area contributed by atoms with E-state index in [1.54, 1.807) is 6.08 Å². The van der Waals surface area contributed by atoms with Crippen LogP contribution in [0.1, 0.15) is 52.4 Å². The summed E-state index contributed by atoms with van der Waals surface area (Å²) in [4.78, 5) is 7.01. The molecule has 5 heteroatoms. The van der Waals surface area contributed by atoms with Gasteiger partial charge in [0.25, 0.3) is 0 Å². The molecule has 0 amide bonds. The van der Waals surface area contributed by atoms with Gasteiger partial charge in [-0.05, 0) is 43.4 Å². The maximum Gasteiger partial charge on any atom is 0.189 e. The second kappa shape index (κ2) is 19.2.